The number of aliphatic imine (C=N–C) groups is 1. The molecule has 0 unspecified atom stereocenters. The molecule has 8 heteroatoms. The summed E-state index contributed by atoms with van der Waals surface area (Å²) in [6.07, 6.45) is 5.62. The van der Waals surface area contributed by atoms with E-state index < -0.39 is 5.60 Å². The van der Waals surface area contributed by atoms with E-state index in [9.17, 15) is 4.79 Å². The van der Waals surface area contributed by atoms with Crippen LogP contribution in [0, 0.1) is 11.3 Å². The first-order valence-electron chi connectivity index (χ1n) is 11.7. The minimum Gasteiger partial charge on any atom is -0.444 e. The maximum atomic E-state index is 12.4. The molecule has 0 aromatic heterocycles. The minimum atomic E-state index is -0.451. The Bertz CT molecular complexity index is 568. The molecule has 2 aliphatic rings. The highest BCUT2D eigenvalue weighted by molar-refractivity contribution is 14.0. The summed E-state index contributed by atoms with van der Waals surface area (Å²) in [5.74, 6) is 1.52. The molecule has 1 saturated heterocycles. The molecule has 1 aliphatic heterocycles. The van der Waals surface area contributed by atoms with Gasteiger partial charge in [-0.15, -0.1) is 24.0 Å². The number of carbonyl (C=O) groups excluding carboxylic acids is 1. The molecule has 7 nitrogen and oxygen atoms in total. The van der Waals surface area contributed by atoms with E-state index in [1.165, 1.54) is 12.8 Å². The summed E-state index contributed by atoms with van der Waals surface area (Å²) in [5, 5.41) is 3.62. The summed E-state index contributed by atoms with van der Waals surface area (Å²) in [4.78, 5) is 21.1. The lowest BCUT2D eigenvalue weighted by atomic mass is 9.96. The molecule has 0 aromatic carbocycles. The van der Waals surface area contributed by atoms with Crippen LogP contribution in [0.25, 0.3) is 0 Å². The van der Waals surface area contributed by atoms with E-state index in [-0.39, 0.29) is 30.1 Å². The zero-order valence-electron chi connectivity index (χ0n) is 20.5. The Labute approximate surface area is 206 Å². The summed E-state index contributed by atoms with van der Waals surface area (Å²) in [5.41, 5.74) is -0.0495. The molecule has 2 fully saturated rings. The zero-order chi connectivity index (χ0) is 22.2. The van der Waals surface area contributed by atoms with Crippen LogP contribution < -0.4 is 5.32 Å². The third kappa shape index (κ3) is 9.72. The fraction of sp³-hybridized carbons (Fsp3) is 0.913. The molecule has 31 heavy (non-hydrogen) atoms. The fourth-order valence-electron chi connectivity index (χ4n) is 4.02. The smallest absolute Gasteiger partial charge is 0.410 e. The number of rotatable bonds is 9. The van der Waals surface area contributed by atoms with Gasteiger partial charge in [0.05, 0.1) is 0 Å². The largest absolute Gasteiger partial charge is 0.444 e. The molecular weight excluding hydrogens is 507 g/mol. The van der Waals surface area contributed by atoms with Crippen molar-refractivity contribution in [1.29, 1.82) is 0 Å². The van der Waals surface area contributed by atoms with Crippen molar-refractivity contribution >= 4 is 36.0 Å². The van der Waals surface area contributed by atoms with Crippen LogP contribution in [-0.2, 0) is 9.47 Å². The number of nitrogens with one attached hydrogen (secondary N) is 1. The van der Waals surface area contributed by atoms with E-state index in [4.69, 9.17) is 9.47 Å². The number of guanidine groups is 1. The number of halogens is 1. The van der Waals surface area contributed by atoms with Crippen molar-refractivity contribution < 1.29 is 14.3 Å². The van der Waals surface area contributed by atoms with Crippen LogP contribution >= 0.6 is 24.0 Å². The third-order valence-corrected chi connectivity index (χ3v) is 6.20. The van der Waals surface area contributed by atoms with Gasteiger partial charge in [0.15, 0.2) is 5.96 Å². The average Bonchev–Trinajstić information content (AvgIpc) is 3.46. The van der Waals surface area contributed by atoms with Gasteiger partial charge >= 0.3 is 6.09 Å². The number of ether oxygens (including phenoxy) is 2. The normalized spacial score (nSPS) is 18.9. The second kappa shape index (κ2) is 13.1. The van der Waals surface area contributed by atoms with Crippen LogP contribution in [-0.4, -0.2) is 80.4 Å². The van der Waals surface area contributed by atoms with Crippen molar-refractivity contribution in [2.45, 2.75) is 72.3 Å². The summed E-state index contributed by atoms with van der Waals surface area (Å²) < 4.78 is 11.1. The van der Waals surface area contributed by atoms with Crippen LogP contribution in [0.3, 0.4) is 0 Å². The van der Waals surface area contributed by atoms with Crippen LogP contribution in [0.2, 0.25) is 0 Å². The van der Waals surface area contributed by atoms with Crippen LogP contribution in [0.1, 0.15) is 66.7 Å². The quantitative estimate of drug-likeness (QED) is 0.199. The van der Waals surface area contributed by atoms with Gasteiger partial charge in [0, 0.05) is 53.0 Å². The topological polar surface area (TPSA) is 66.4 Å². The zero-order valence-corrected chi connectivity index (χ0v) is 22.9. The fourth-order valence-corrected chi connectivity index (χ4v) is 4.02. The molecule has 182 valence electrons. The molecular formula is C23H45IN4O3. The van der Waals surface area contributed by atoms with Crippen molar-refractivity contribution in [2.24, 2.45) is 16.3 Å². The Balaban J connectivity index is 0.00000480. The summed E-state index contributed by atoms with van der Waals surface area (Å²) in [6.45, 7) is 15.8. The molecule has 1 amide bonds. The minimum absolute atomic E-state index is 0. The second-order valence-electron chi connectivity index (χ2n) is 9.80. The number of nitrogens with zero attached hydrogens (tertiary/aromatic N) is 3. The Kier molecular flexibility index (Phi) is 11.9. The van der Waals surface area contributed by atoms with E-state index in [0.717, 1.165) is 64.6 Å². The first-order valence-corrected chi connectivity index (χ1v) is 11.7. The number of hydrogen-bond donors (Lipinski definition) is 1. The average molecular weight is 553 g/mol. The van der Waals surface area contributed by atoms with E-state index >= 15 is 0 Å². The van der Waals surface area contributed by atoms with Gasteiger partial charge in [-0.05, 0) is 78.1 Å². The molecule has 2 rings (SSSR count). The number of hydrogen-bond acceptors (Lipinski definition) is 4. The van der Waals surface area contributed by atoms with Crippen molar-refractivity contribution in [3.05, 3.63) is 0 Å². The number of likely N-dealkylation sites (tertiary alicyclic amines) is 1. The number of piperidine rings is 1. The highest BCUT2D eigenvalue weighted by Crippen LogP contribution is 2.48. The van der Waals surface area contributed by atoms with Crippen molar-refractivity contribution in [3.63, 3.8) is 0 Å². The molecule has 0 bridgehead atoms. The molecule has 1 heterocycles. The lowest BCUT2D eigenvalue weighted by Crippen LogP contribution is -2.48. The predicted molar refractivity (Wildman–Crippen MR) is 137 cm³/mol. The number of carbonyl (C=O) groups is 1. The van der Waals surface area contributed by atoms with Gasteiger partial charge in [0.1, 0.15) is 5.60 Å². The molecule has 1 N–H and O–H groups in total. The van der Waals surface area contributed by atoms with Crippen molar-refractivity contribution in [2.75, 3.05) is 53.0 Å². The van der Waals surface area contributed by atoms with Gasteiger partial charge in [-0.3, -0.25) is 4.99 Å². The van der Waals surface area contributed by atoms with Gasteiger partial charge in [0.2, 0.25) is 0 Å². The molecule has 0 radical (unpaired) electrons. The highest BCUT2D eigenvalue weighted by atomic mass is 127. The van der Waals surface area contributed by atoms with Gasteiger partial charge in [-0.25, -0.2) is 4.79 Å². The Morgan fingerprint density at radius 1 is 1.23 bits per heavy atom. The van der Waals surface area contributed by atoms with Gasteiger partial charge in [0.25, 0.3) is 0 Å². The van der Waals surface area contributed by atoms with Crippen LogP contribution in [0.15, 0.2) is 4.99 Å². The maximum Gasteiger partial charge on any atom is 0.410 e. The monoisotopic (exact) mass is 552 g/mol. The third-order valence-electron chi connectivity index (χ3n) is 6.20. The Hall–Kier alpha value is -0.770. The van der Waals surface area contributed by atoms with Crippen molar-refractivity contribution in [3.8, 4) is 0 Å². The second-order valence-corrected chi connectivity index (χ2v) is 9.80. The lowest BCUT2D eigenvalue weighted by molar-refractivity contribution is 0.0214. The van der Waals surface area contributed by atoms with Gasteiger partial charge in [-0.1, -0.05) is 0 Å². The standard InChI is InChI=1S/C23H44N4O3.HI/c1-7-26(21(28)30-22(3,4)5)17-19-9-14-27(15-10-19)20(24-6)25-18-23(11-12-23)13-16-29-8-2;/h19H,7-18H2,1-6H3,(H,24,25);1H. The lowest BCUT2D eigenvalue weighted by Gasteiger charge is -2.37. The van der Waals surface area contributed by atoms with E-state index in [1.54, 1.807) is 0 Å². The predicted octanol–water partition coefficient (Wildman–Crippen LogP) is 4.36. The van der Waals surface area contributed by atoms with Gasteiger partial charge in [-0.2, -0.15) is 0 Å². The van der Waals surface area contributed by atoms with Gasteiger partial charge < -0.3 is 24.6 Å². The molecule has 0 atom stereocenters. The SMILES string of the molecule is CCOCCC1(CNC(=NC)N2CCC(CN(CC)C(=O)OC(C)(C)C)CC2)CC1.I. The Morgan fingerprint density at radius 2 is 1.87 bits per heavy atom. The molecule has 0 aromatic rings. The number of amides is 1. The van der Waals surface area contributed by atoms with E-state index in [0.29, 0.717) is 17.9 Å². The van der Waals surface area contributed by atoms with E-state index in [1.807, 2.05) is 39.6 Å². The molecule has 1 saturated carbocycles. The first kappa shape index (κ1) is 28.3. The van der Waals surface area contributed by atoms with E-state index in [2.05, 4.69) is 22.1 Å². The molecule has 0 spiro atoms. The van der Waals surface area contributed by atoms with Crippen LogP contribution in [0.5, 0.6) is 0 Å². The van der Waals surface area contributed by atoms with Crippen molar-refractivity contribution in [1.82, 2.24) is 15.1 Å². The van der Waals surface area contributed by atoms with Crippen LogP contribution in [0.4, 0.5) is 4.79 Å². The first-order chi connectivity index (χ1) is 14.2. The highest BCUT2D eigenvalue weighted by Gasteiger charge is 2.42. The summed E-state index contributed by atoms with van der Waals surface area (Å²) >= 11 is 0. The summed E-state index contributed by atoms with van der Waals surface area (Å²) in [7, 11) is 1.87. The summed E-state index contributed by atoms with van der Waals surface area (Å²) in [6, 6.07) is 0. The Morgan fingerprint density at radius 3 is 2.35 bits per heavy atom. The molecule has 1 aliphatic carbocycles. The maximum absolute atomic E-state index is 12.4.